The molecule has 2 aromatic rings. The summed E-state index contributed by atoms with van der Waals surface area (Å²) in [6, 6.07) is 8.68. The molecule has 0 spiro atoms. The van der Waals surface area contributed by atoms with Crippen molar-refractivity contribution < 1.29 is 13.5 Å². The van der Waals surface area contributed by atoms with Crippen LogP contribution in [0.1, 0.15) is 5.56 Å². The van der Waals surface area contributed by atoms with Crippen molar-refractivity contribution in [2.75, 3.05) is 0 Å². The number of ether oxygens (including phenoxy) is 1. The third kappa shape index (κ3) is 3.21. The molecule has 0 bridgehead atoms. The van der Waals surface area contributed by atoms with E-state index in [1.54, 1.807) is 12.1 Å². The summed E-state index contributed by atoms with van der Waals surface area (Å²) in [5, 5.41) is 0.325. The largest absolute Gasteiger partial charge is 0.489 e. The third-order valence-corrected chi connectivity index (χ3v) is 3.18. The second kappa shape index (κ2) is 5.67. The molecule has 18 heavy (non-hydrogen) atoms. The van der Waals surface area contributed by atoms with Crippen LogP contribution in [0.15, 0.2) is 40.9 Å². The Hall–Kier alpha value is -1.13. The van der Waals surface area contributed by atoms with Gasteiger partial charge in [0, 0.05) is 16.7 Å². The molecule has 0 aliphatic rings. The monoisotopic (exact) mass is 332 g/mol. The standard InChI is InChI=1S/C13H8BrClF2O/c14-11-4-3-10(6-13(11)17)18-7-8-1-2-9(15)5-12(8)16/h1-6H,7H2. The lowest BCUT2D eigenvalue weighted by atomic mass is 10.2. The van der Waals surface area contributed by atoms with Crippen molar-refractivity contribution in [2.24, 2.45) is 0 Å². The van der Waals surface area contributed by atoms with Crippen LogP contribution in [0.2, 0.25) is 5.02 Å². The summed E-state index contributed by atoms with van der Waals surface area (Å²) < 4.78 is 32.3. The second-order valence-electron chi connectivity index (χ2n) is 3.60. The molecule has 0 amide bonds. The lowest BCUT2D eigenvalue weighted by molar-refractivity contribution is 0.298. The maximum absolute atomic E-state index is 13.5. The summed E-state index contributed by atoms with van der Waals surface area (Å²) in [7, 11) is 0. The number of benzene rings is 2. The molecule has 0 saturated heterocycles. The van der Waals surface area contributed by atoms with Crippen LogP contribution in [0.4, 0.5) is 8.78 Å². The Bertz CT molecular complexity index is 575. The summed E-state index contributed by atoms with van der Waals surface area (Å²) >= 11 is 8.68. The van der Waals surface area contributed by atoms with Gasteiger partial charge in [0.25, 0.3) is 0 Å². The van der Waals surface area contributed by atoms with E-state index < -0.39 is 11.6 Å². The first-order valence-electron chi connectivity index (χ1n) is 5.08. The van der Waals surface area contributed by atoms with Gasteiger partial charge in [-0.2, -0.15) is 0 Å². The Morgan fingerprint density at radius 2 is 1.83 bits per heavy atom. The zero-order valence-electron chi connectivity index (χ0n) is 9.09. The van der Waals surface area contributed by atoms with Crippen LogP contribution < -0.4 is 4.74 Å². The molecule has 5 heteroatoms. The van der Waals surface area contributed by atoms with Gasteiger partial charge in [-0.3, -0.25) is 0 Å². The Balaban J connectivity index is 2.09. The Kier molecular flexibility index (Phi) is 4.19. The van der Waals surface area contributed by atoms with Crippen LogP contribution in [0.5, 0.6) is 5.75 Å². The van der Waals surface area contributed by atoms with Crippen molar-refractivity contribution in [1.29, 1.82) is 0 Å². The molecule has 0 unspecified atom stereocenters. The summed E-state index contributed by atoms with van der Waals surface area (Å²) in [6.07, 6.45) is 0. The summed E-state index contributed by atoms with van der Waals surface area (Å²) in [6.45, 7) is 0.0179. The third-order valence-electron chi connectivity index (χ3n) is 2.30. The minimum atomic E-state index is -0.444. The predicted octanol–water partition coefficient (Wildman–Crippen LogP) is 4.96. The predicted molar refractivity (Wildman–Crippen MR) is 69.8 cm³/mol. The molecule has 1 nitrogen and oxygen atoms in total. The molecule has 2 aromatic carbocycles. The summed E-state index contributed by atoms with van der Waals surface area (Å²) in [5.74, 6) is -0.533. The van der Waals surface area contributed by atoms with Crippen molar-refractivity contribution in [3.05, 3.63) is 63.1 Å². The van der Waals surface area contributed by atoms with Crippen LogP contribution >= 0.6 is 27.5 Å². The molecule has 0 radical (unpaired) electrons. The molecule has 0 fully saturated rings. The number of hydrogen-bond donors (Lipinski definition) is 0. The van der Waals surface area contributed by atoms with Gasteiger partial charge in [-0.05, 0) is 40.2 Å². The fourth-order valence-electron chi connectivity index (χ4n) is 1.37. The van der Waals surface area contributed by atoms with E-state index in [1.807, 2.05) is 0 Å². The first-order valence-corrected chi connectivity index (χ1v) is 6.25. The Labute approximate surface area is 116 Å². The summed E-state index contributed by atoms with van der Waals surface area (Å²) in [4.78, 5) is 0. The van der Waals surface area contributed by atoms with E-state index in [0.29, 0.717) is 20.8 Å². The van der Waals surface area contributed by atoms with Gasteiger partial charge >= 0.3 is 0 Å². The van der Waals surface area contributed by atoms with Crippen LogP contribution in [-0.2, 0) is 6.61 Å². The van der Waals surface area contributed by atoms with E-state index in [1.165, 1.54) is 24.3 Å². The van der Waals surface area contributed by atoms with Crippen LogP contribution in [-0.4, -0.2) is 0 Å². The highest BCUT2D eigenvalue weighted by molar-refractivity contribution is 9.10. The van der Waals surface area contributed by atoms with Crippen molar-refractivity contribution in [3.8, 4) is 5.75 Å². The van der Waals surface area contributed by atoms with Gasteiger partial charge in [-0.15, -0.1) is 0 Å². The molecular formula is C13H8BrClF2O. The SMILES string of the molecule is Fc1cc(OCc2ccc(Cl)cc2F)ccc1Br. The number of hydrogen-bond acceptors (Lipinski definition) is 1. The molecule has 2 rings (SSSR count). The molecule has 0 aromatic heterocycles. The lowest BCUT2D eigenvalue weighted by Crippen LogP contribution is -1.98. The zero-order chi connectivity index (χ0) is 13.1. The highest BCUT2D eigenvalue weighted by Crippen LogP contribution is 2.22. The van der Waals surface area contributed by atoms with Gasteiger partial charge in [0.15, 0.2) is 0 Å². The fraction of sp³-hybridized carbons (Fsp3) is 0.0769. The number of rotatable bonds is 3. The Morgan fingerprint density at radius 1 is 1.06 bits per heavy atom. The topological polar surface area (TPSA) is 9.23 Å². The molecule has 0 aliphatic heterocycles. The van der Waals surface area contributed by atoms with Gasteiger partial charge < -0.3 is 4.74 Å². The van der Waals surface area contributed by atoms with Crippen molar-refractivity contribution >= 4 is 27.5 Å². The lowest BCUT2D eigenvalue weighted by Gasteiger charge is -2.08. The molecule has 0 heterocycles. The highest BCUT2D eigenvalue weighted by atomic mass is 79.9. The van der Waals surface area contributed by atoms with E-state index in [4.69, 9.17) is 16.3 Å². The molecule has 94 valence electrons. The van der Waals surface area contributed by atoms with Crippen molar-refractivity contribution in [1.82, 2.24) is 0 Å². The number of halogens is 4. The average Bonchev–Trinajstić information content (AvgIpc) is 2.32. The van der Waals surface area contributed by atoms with Gasteiger partial charge in [0.1, 0.15) is 24.0 Å². The summed E-state index contributed by atoms with van der Waals surface area (Å²) in [5.41, 5.74) is 0.364. The average molecular weight is 334 g/mol. The molecule has 0 saturated carbocycles. The van der Waals surface area contributed by atoms with E-state index in [0.717, 1.165) is 0 Å². The minimum Gasteiger partial charge on any atom is -0.489 e. The van der Waals surface area contributed by atoms with Crippen LogP contribution in [0.3, 0.4) is 0 Å². The maximum atomic E-state index is 13.5. The van der Waals surface area contributed by atoms with Gasteiger partial charge in [-0.25, -0.2) is 8.78 Å². The molecular weight excluding hydrogens is 325 g/mol. The van der Waals surface area contributed by atoms with Crippen molar-refractivity contribution in [3.63, 3.8) is 0 Å². The second-order valence-corrected chi connectivity index (χ2v) is 4.89. The van der Waals surface area contributed by atoms with E-state index in [-0.39, 0.29) is 6.61 Å². The first-order chi connectivity index (χ1) is 8.56. The van der Waals surface area contributed by atoms with Gasteiger partial charge in [0.2, 0.25) is 0 Å². The smallest absolute Gasteiger partial charge is 0.141 e. The normalized spacial score (nSPS) is 10.4. The molecule has 0 N–H and O–H groups in total. The highest BCUT2D eigenvalue weighted by Gasteiger charge is 2.05. The van der Waals surface area contributed by atoms with Crippen LogP contribution in [0.25, 0.3) is 0 Å². The van der Waals surface area contributed by atoms with Gasteiger partial charge in [0.05, 0.1) is 4.47 Å². The zero-order valence-corrected chi connectivity index (χ0v) is 11.4. The Morgan fingerprint density at radius 3 is 2.50 bits per heavy atom. The maximum Gasteiger partial charge on any atom is 0.141 e. The van der Waals surface area contributed by atoms with Crippen molar-refractivity contribution in [2.45, 2.75) is 6.61 Å². The minimum absolute atomic E-state index is 0.0179. The van der Waals surface area contributed by atoms with E-state index >= 15 is 0 Å². The molecule has 0 atom stereocenters. The molecule has 0 aliphatic carbocycles. The fourth-order valence-corrected chi connectivity index (χ4v) is 1.77. The van der Waals surface area contributed by atoms with Crippen LogP contribution in [0, 0.1) is 11.6 Å². The first kappa shape index (κ1) is 13.3. The van der Waals surface area contributed by atoms with E-state index in [9.17, 15) is 8.78 Å². The van der Waals surface area contributed by atoms with E-state index in [2.05, 4.69) is 15.9 Å². The van der Waals surface area contributed by atoms with Gasteiger partial charge in [-0.1, -0.05) is 17.7 Å². The quantitative estimate of drug-likeness (QED) is 0.771.